The highest BCUT2D eigenvalue weighted by atomic mass is 16.5. The molecule has 0 aromatic carbocycles. The van der Waals surface area contributed by atoms with Gasteiger partial charge in [-0.05, 0) is 51.4 Å². The number of nitrogens with one attached hydrogen (secondary N) is 1. The molecule has 0 radical (unpaired) electrons. The van der Waals surface area contributed by atoms with Crippen molar-refractivity contribution in [2.45, 2.75) is 398 Å². The SMILES string of the molecule is CCCCC/C=C\CCCCCCCC(=O)OCCCCCCCCCCCCCCCCCCCCCCCCC(=O)NC(CO)C(O)CCCCCCCCCCCCCCCCCCCCCCCCC. The lowest BCUT2D eigenvalue weighted by Gasteiger charge is -2.22. The number of amides is 1. The highest BCUT2D eigenvalue weighted by molar-refractivity contribution is 5.76. The Labute approximate surface area is 463 Å². The molecule has 6 heteroatoms. The fraction of sp³-hybridized carbons (Fsp3) is 0.941. The zero-order chi connectivity index (χ0) is 53.6. The molecule has 3 N–H and O–H groups in total. The summed E-state index contributed by atoms with van der Waals surface area (Å²) >= 11 is 0. The summed E-state index contributed by atoms with van der Waals surface area (Å²) in [6.45, 7) is 4.96. The molecule has 440 valence electrons. The summed E-state index contributed by atoms with van der Waals surface area (Å²) in [4.78, 5) is 24.6. The summed E-state index contributed by atoms with van der Waals surface area (Å²) in [5.74, 6) is -0.0261. The van der Waals surface area contributed by atoms with E-state index in [1.54, 1.807) is 0 Å². The van der Waals surface area contributed by atoms with Crippen LogP contribution in [0.15, 0.2) is 12.2 Å². The van der Waals surface area contributed by atoms with E-state index in [1.165, 1.54) is 308 Å². The predicted octanol–water partition coefficient (Wildman–Crippen LogP) is 21.6. The van der Waals surface area contributed by atoms with Crippen LogP contribution in [0.4, 0.5) is 0 Å². The number of ether oxygens (including phenoxy) is 1. The van der Waals surface area contributed by atoms with Gasteiger partial charge in [-0.1, -0.05) is 334 Å². The van der Waals surface area contributed by atoms with Crippen LogP contribution >= 0.6 is 0 Å². The number of rotatable bonds is 64. The van der Waals surface area contributed by atoms with Gasteiger partial charge in [-0.2, -0.15) is 0 Å². The highest BCUT2D eigenvalue weighted by Crippen LogP contribution is 2.19. The van der Waals surface area contributed by atoms with Gasteiger partial charge in [0.25, 0.3) is 0 Å². The van der Waals surface area contributed by atoms with Gasteiger partial charge < -0.3 is 20.3 Å². The first-order valence-electron chi connectivity index (χ1n) is 33.9. The van der Waals surface area contributed by atoms with Gasteiger partial charge in [-0.3, -0.25) is 9.59 Å². The van der Waals surface area contributed by atoms with Crippen LogP contribution in [0.1, 0.15) is 386 Å². The van der Waals surface area contributed by atoms with Crippen molar-refractivity contribution in [2.24, 2.45) is 0 Å². The van der Waals surface area contributed by atoms with Crippen LogP contribution in [-0.2, 0) is 14.3 Å². The Morgan fingerprint density at radius 2 is 0.635 bits per heavy atom. The van der Waals surface area contributed by atoms with Gasteiger partial charge in [0.05, 0.1) is 25.4 Å². The average molecular weight is 1040 g/mol. The summed E-state index contributed by atoms with van der Waals surface area (Å²) in [5, 5.41) is 23.4. The molecule has 0 spiro atoms. The Balaban J connectivity index is 3.38. The molecule has 0 aliphatic carbocycles. The molecule has 0 aromatic heterocycles. The fourth-order valence-corrected chi connectivity index (χ4v) is 10.9. The number of esters is 1. The Morgan fingerprint density at radius 3 is 0.986 bits per heavy atom. The predicted molar refractivity (Wildman–Crippen MR) is 324 cm³/mol. The largest absolute Gasteiger partial charge is 0.466 e. The number of allylic oxidation sites excluding steroid dienone is 2. The molecule has 0 aliphatic heterocycles. The lowest BCUT2D eigenvalue weighted by atomic mass is 10.0. The summed E-state index contributed by atoms with van der Waals surface area (Å²) in [6.07, 6.45) is 78.1. The van der Waals surface area contributed by atoms with Crippen LogP contribution < -0.4 is 5.32 Å². The molecule has 0 rings (SSSR count). The van der Waals surface area contributed by atoms with Gasteiger partial charge >= 0.3 is 5.97 Å². The minimum Gasteiger partial charge on any atom is -0.466 e. The van der Waals surface area contributed by atoms with Gasteiger partial charge in [-0.25, -0.2) is 0 Å². The van der Waals surface area contributed by atoms with Crippen LogP contribution in [0.2, 0.25) is 0 Å². The summed E-state index contributed by atoms with van der Waals surface area (Å²) in [7, 11) is 0. The van der Waals surface area contributed by atoms with Crippen LogP contribution in [0, 0.1) is 0 Å². The Hall–Kier alpha value is -1.40. The first kappa shape index (κ1) is 72.6. The van der Waals surface area contributed by atoms with E-state index in [4.69, 9.17) is 4.74 Å². The van der Waals surface area contributed by atoms with Crippen molar-refractivity contribution in [3.05, 3.63) is 12.2 Å². The first-order chi connectivity index (χ1) is 36.5. The topological polar surface area (TPSA) is 95.9 Å². The molecule has 0 bridgehead atoms. The summed E-state index contributed by atoms with van der Waals surface area (Å²) < 4.78 is 5.47. The molecule has 0 aromatic rings. The minimum absolute atomic E-state index is 0.00424. The molecule has 2 unspecified atom stereocenters. The number of aliphatic hydroxyl groups excluding tert-OH is 2. The second kappa shape index (κ2) is 64.1. The molecule has 0 heterocycles. The smallest absolute Gasteiger partial charge is 0.305 e. The highest BCUT2D eigenvalue weighted by Gasteiger charge is 2.20. The molecular formula is C68H133NO5. The van der Waals surface area contributed by atoms with E-state index >= 15 is 0 Å². The second-order valence-corrected chi connectivity index (χ2v) is 23.5. The third kappa shape index (κ3) is 59.8. The second-order valence-electron chi connectivity index (χ2n) is 23.5. The number of aliphatic hydroxyl groups is 2. The van der Waals surface area contributed by atoms with Crippen LogP contribution in [0.3, 0.4) is 0 Å². The zero-order valence-electron chi connectivity index (χ0n) is 50.4. The van der Waals surface area contributed by atoms with Gasteiger partial charge in [0.1, 0.15) is 0 Å². The number of carbonyl (C=O) groups is 2. The van der Waals surface area contributed by atoms with Crippen molar-refractivity contribution >= 4 is 11.9 Å². The lowest BCUT2D eigenvalue weighted by Crippen LogP contribution is -2.45. The lowest BCUT2D eigenvalue weighted by molar-refractivity contribution is -0.143. The maximum absolute atomic E-state index is 12.5. The van der Waals surface area contributed by atoms with E-state index < -0.39 is 12.1 Å². The third-order valence-electron chi connectivity index (χ3n) is 16.1. The molecule has 74 heavy (non-hydrogen) atoms. The van der Waals surface area contributed by atoms with Crippen LogP contribution in [-0.4, -0.2) is 47.4 Å². The van der Waals surface area contributed by atoms with Gasteiger partial charge in [0, 0.05) is 12.8 Å². The Morgan fingerprint density at radius 1 is 0.365 bits per heavy atom. The Bertz CT molecular complexity index is 1110. The molecule has 1 amide bonds. The van der Waals surface area contributed by atoms with E-state index in [2.05, 4.69) is 31.3 Å². The minimum atomic E-state index is -0.665. The maximum atomic E-state index is 12.5. The quantitative estimate of drug-likeness (QED) is 0.0320. The van der Waals surface area contributed by atoms with Crippen molar-refractivity contribution < 1.29 is 24.5 Å². The van der Waals surface area contributed by atoms with E-state index in [0.717, 1.165) is 44.9 Å². The van der Waals surface area contributed by atoms with Gasteiger partial charge in [0.15, 0.2) is 0 Å². The monoisotopic (exact) mass is 1040 g/mol. The number of carbonyl (C=O) groups excluding carboxylic acids is 2. The third-order valence-corrected chi connectivity index (χ3v) is 16.1. The average Bonchev–Trinajstić information content (AvgIpc) is 3.40. The zero-order valence-corrected chi connectivity index (χ0v) is 50.4. The summed E-state index contributed by atoms with van der Waals surface area (Å²) in [6, 6.07) is -0.542. The van der Waals surface area contributed by atoms with Crippen molar-refractivity contribution in [1.29, 1.82) is 0 Å². The molecule has 0 saturated carbocycles. The first-order valence-corrected chi connectivity index (χ1v) is 33.9. The maximum Gasteiger partial charge on any atom is 0.305 e. The van der Waals surface area contributed by atoms with E-state index in [-0.39, 0.29) is 18.5 Å². The number of unbranched alkanes of at least 4 members (excludes halogenated alkanes) is 51. The van der Waals surface area contributed by atoms with E-state index in [0.29, 0.717) is 25.9 Å². The molecule has 0 saturated heterocycles. The number of hydrogen-bond donors (Lipinski definition) is 3. The molecule has 0 fully saturated rings. The molecular weight excluding hydrogens is 911 g/mol. The van der Waals surface area contributed by atoms with Crippen molar-refractivity contribution in [2.75, 3.05) is 13.2 Å². The molecule has 2 atom stereocenters. The molecule has 6 nitrogen and oxygen atoms in total. The van der Waals surface area contributed by atoms with Crippen molar-refractivity contribution in [3.8, 4) is 0 Å². The van der Waals surface area contributed by atoms with Crippen molar-refractivity contribution in [1.82, 2.24) is 5.32 Å². The van der Waals surface area contributed by atoms with Gasteiger partial charge in [-0.15, -0.1) is 0 Å². The Kier molecular flexibility index (Phi) is 62.9. The standard InChI is InChI=1S/C68H133NO5/c1-3-5-7-9-11-13-15-17-18-19-20-21-22-25-28-31-34-37-40-44-48-52-56-60-66(71)65(64-70)69-67(72)61-57-53-49-45-41-38-35-32-29-26-23-24-27-30-33-36-39-43-47-51-55-59-63-74-68(73)62-58-54-50-46-42-16-14-12-10-8-6-4-2/h12,14,65-66,70-71H,3-11,13,15-64H2,1-2H3,(H,69,72)/b14-12-. The fourth-order valence-electron chi connectivity index (χ4n) is 10.9. The van der Waals surface area contributed by atoms with E-state index in [9.17, 15) is 19.8 Å². The summed E-state index contributed by atoms with van der Waals surface area (Å²) in [5.41, 5.74) is 0. The van der Waals surface area contributed by atoms with E-state index in [1.807, 2.05) is 0 Å². The molecule has 0 aliphatic rings. The van der Waals surface area contributed by atoms with Crippen molar-refractivity contribution in [3.63, 3.8) is 0 Å². The van der Waals surface area contributed by atoms with Gasteiger partial charge in [0.2, 0.25) is 5.91 Å². The van der Waals surface area contributed by atoms with Crippen LogP contribution in [0.5, 0.6) is 0 Å². The van der Waals surface area contributed by atoms with Crippen LogP contribution in [0.25, 0.3) is 0 Å². The normalized spacial score (nSPS) is 12.5. The number of hydrogen-bond acceptors (Lipinski definition) is 5.